The number of ketones is 2. The lowest BCUT2D eigenvalue weighted by molar-refractivity contribution is -0.120. The standard InChI is InChI=1S/C19H40N2O8P2/c1-18(2,14-28-30(20,24)25)12-6-10-16(22)8-5-9-17(23)11-7-13-19(3,4)15-29-31(21,26)27/h5-15H2,1-4H3,(H3,20,24,25)(H3,21,26,27). The lowest BCUT2D eigenvalue weighted by Crippen LogP contribution is -2.20. The number of carbonyl (C=O) groups is 2. The molecule has 2 unspecified atom stereocenters. The van der Waals surface area contributed by atoms with Crippen molar-refractivity contribution < 1.29 is 37.6 Å². The van der Waals surface area contributed by atoms with Gasteiger partial charge in [0, 0.05) is 25.7 Å². The molecule has 0 aliphatic heterocycles. The van der Waals surface area contributed by atoms with Gasteiger partial charge < -0.3 is 9.79 Å². The molecule has 0 rings (SSSR count). The van der Waals surface area contributed by atoms with Gasteiger partial charge in [0.15, 0.2) is 0 Å². The molecule has 0 heterocycles. The van der Waals surface area contributed by atoms with E-state index in [2.05, 4.69) is 0 Å². The maximum Gasteiger partial charge on any atom is 0.400 e. The van der Waals surface area contributed by atoms with E-state index in [0.29, 0.717) is 57.8 Å². The Hall–Kier alpha value is -0.440. The number of Topliss-reactive ketones (excluding diaryl/α,β-unsaturated/α-hetero) is 2. The maximum absolute atomic E-state index is 12.0. The molecule has 12 heteroatoms. The van der Waals surface area contributed by atoms with Gasteiger partial charge in [-0.25, -0.2) is 20.1 Å². The molecule has 31 heavy (non-hydrogen) atoms. The second-order valence-corrected chi connectivity index (χ2v) is 12.4. The number of hydrogen-bond donors (Lipinski definition) is 4. The van der Waals surface area contributed by atoms with Crippen molar-refractivity contribution in [1.82, 2.24) is 0 Å². The van der Waals surface area contributed by atoms with Gasteiger partial charge in [-0.05, 0) is 42.9 Å². The Bertz CT molecular complexity index is 614. The first-order valence-electron chi connectivity index (χ1n) is 10.5. The van der Waals surface area contributed by atoms with Crippen molar-refractivity contribution in [3.63, 3.8) is 0 Å². The van der Waals surface area contributed by atoms with Crippen molar-refractivity contribution in [2.45, 2.75) is 85.5 Å². The summed E-state index contributed by atoms with van der Waals surface area (Å²) >= 11 is 0. The third-order valence-electron chi connectivity index (χ3n) is 4.81. The first-order valence-corrected chi connectivity index (χ1v) is 13.8. The molecule has 184 valence electrons. The molecule has 0 aromatic rings. The van der Waals surface area contributed by atoms with Crippen LogP contribution >= 0.6 is 15.5 Å². The summed E-state index contributed by atoms with van der Waals surface area (Å²) in [6.45, 7) is 7.56. The second-order valence-electron chi connectivity index (χ2n) is 9.64. The minimum atomic E-state index is -4.00. The Balaban J connectivity index is 3.95. The van der Waals surface area contributed by atoms with Crippen LogP contribution in [0.25, 0.3) is 0 Å². The number of hydrogen-bond acceptors (Lipinski definition) is 6. The Kier molecular flexibility index (Phi) is 13.1. The Morgan fingerprint density at radius 2 is 1.00 bits per heavy atom. The van der Waals surface area contributed by atoms with Crippen LogP contribution in [0.1, 0.15) is 85.5 Å². The molecule has 0 spiro atoms. The van der Waals surface area contributed by atoms with Crippen molar-refractivity contribution in [3.8, 4) is 0 Å². The van der Waals surface area contributed by atoms with Crippen LogP contribution in [0, 0.1) is 10.8 Å². The zero-order chi connectivity index (χ0) is 24.3. The highest BCUT2D eigenvalue weighted by atomic mass is 31.2. The third kappa shape index (κ3) is 19.9. The second kappa shape index (κ2) is 13.3. The fourth-order valence-electron chi connectivity index (χ4n) is 2.94. The zero-order valence-electron chi connectivity index (χ0n) is 19.2. The quantitative estimate of drug-likeness (QED) is 0.208. The molecule has 6 N–H and O–H groups in total. The average molecular weight is 486 g/mol. The van der Waals surface area contributed by atoms with Gasteiger partial charge in [-0.3, -0.25) is 18.6 Å². The maximum atomic E-state index is 12.0. The van der Waals surface area contributed by atoms with E-state index >= 15 is 0 Å². The van der Waals surface area contributed by atoms with Crippen molar-refractivity contribution in [2.75, 3.05) is 13.2 Å². The summed E-state index contributed by atoms with van der Waals surface area (Å²) in [6.07, 6.45) is 4.53. The van der Waals surface area contributed by atoms with Crippen LogP contribution in [0.3, 0.4) is 0 Å². The van der Waals surface area contributed by atoms with E-state index in [0.717, 1.165) is 0 Å². The molecule has 10 nitrogen and oxygen atoms in total. The Labute approximate surface area is 185 Å². The molecule has 0 radical (unpaired) electrons. The van der Waals surface area contributed by atoms with Gasteiger partial charge in [0.25, 0.3) is 0 Å². The van der Waals surface area contributed by atoms with Crippen LogP contribution < -0.4 is 11.0 Å². The lowest BCUT2D eigenvalue weighted by atomic mass is 9.87. The van der Waals surface area contributed by atoms with Crippen LogP contribution in [0.2, 0.25) is 0 Å². The van der Waals surface area contributed by atoms with Gasteiger partial charge in [0.1, 0.15) is 11.6 Å². The third-order valence-corrected chi connectivity index (χ3v) is 5.81. The van der Waals surface area contributed by atoms with E-state index in [1.54, 1.807) is 0 Å². The summed E-state index contributed by atoms with van der Waals surface area (Å²) in [7, 11) is -7.99. The van der Waals surface area contributed by atoms with Gasteiger partial charge in [-0.2, -0.15) is 0 Å². The molecule has 0 aliphatic carbocycles. The minimum Gasteiger partial charge on any atom is -0.313 e. The average Bonchev–Trinajstić information content (AvgIpc) is 2.57. The summed E-state index contributed by atoms with van der Waals surface area (Å²) < 4.78 is 31.5. The highest BCUT2D eigenvalue weighted by Crippen LogP contribution is 2.36. The zero-order valence-corrected chi connectivity index (χ0v) is 21.0. The van der Waals surface area contributed by atoms with Gasteiger partial charge in [0.05, 0.1) is 13.2 Å². The summed E-state index contributed by atoms with van der Waals surface area (Å²) in [5, 5.41) is 0. The topological polar surface area (TPSA) is 179 Å². The van der Waals surface area contributed by atoms with E-state index in [4.69, 9.17) is 29.8 Å². The molecular weight excluding hydrogens is 446 g/mol. The Morgan fingerprint density at radius 3 is 1.29 bits per heavy atom. The molecule has 0 saturated carbocycles. The number of nitrogens with two attached hydrogens (primary N) is 2. The monoisotopic (exact) mass is 486 g/mol. The van der Waals surface area contributed by atoms with E-state index in [1.807, 2.05) is 27.7 Å². The van der Waals surface area contributed by atoms with Crippen molar-refractivity contribution in [1.29, 1.82) is 0 Å². The molecule has 0 saturated heterocycles. The van der Waals surface area contributed by atoms with E-state index in [-0.39, 0.29) is 35.6 Å². The van der Waals surface area contributed by atoms with Crippen LogP contribution in [-0.2, 0) is 27.8 Å². The molecule has 2 atom stereocenters. The van der Waals surface area contributed by atoms with Crippen molar-refractivity contribution >= 4 is 27.1 Å². The minimum absolute atomic E-state index is 0.0361. The van der Waals surface area contributed by atoms with Gasteiger partial charge >= 0.3 is 15.5 Å². The summed E-state index contributed by atoms with van der Waals surface area (Å²) in [5.74, 6) is 0.175. The van der Waals surface area contributed by atoms with Gasteiger partial charge in [0.2, 0.25) is 0 Å². The SMILES string of the molecule is CC(C)(CCCC(=O)CCCC(=O)CCCC(C)(C)COP(N)(=O)O)COP(N)(=O)O. The Morgan fingerprint density at radius 1 is 0.710 bits per heavy atom. The molecule has 0 aliphatic rings. The predicted molar refractivity (Wildman–Crippen MR) is 119 cm³/mol. The molecule has 0 fully saturated rings. The van der Waals surface area contributed by atoms with Gasteiger partial charge in [-0.15, -0.1) is 0 Å². The highest BCUT2D eigenvalue weighted by molar-refractivity contribution is 7.50. The fourth-order valence-corrected chi connectivity index (χ4v) is 4.01. The van der Waals surface area contributed by atoms with Crippen LogP contribution in [-0.4, -0.2) is 34.6 Å². The van der Waals surface area contributed by atoms with Crippen LogP contribution in [0.15, 0.2) is 0 Å². The summed E-state index contributed by atoms with van der Waals surface area (Å²) in [5.41, 5.74) is 9.17. The van der Waals surface area contributed by atoms with E-state index in [9.17, 15) is 18.7 Å². The largest absolute Gasteiger partial charge is 0.400 e. The summed E-state index contributed by atoms with van der Waals surface area (Å²) in [6, 6.07) is 0. The first-order chi connectivity index (χ1) is 13.9. The smallest absolute Gasteiger partial charge is 0.313 e. The normalized spacial score (nSPS) is 16.5. The molecule has 0 amide bonds. The number of rotatable bonds is 18. The highest BCUT2D eigenvalue weighted by Gasteiger charge is 2.24. The van der Waals surface area contributed by atoms with Gasteiger partial charge in [-0.1, -0.05) is 27.7 Å². The van der Waals surface area contributed by atoms with Crippen LogP contribution in [0.4, 0.5) is 0 Å². The molecule has 0 bridgehead atoms. The lowest BCUT2D eigenvalue weighted by Gasteiger charge is -2.24. The molecule has 0 aromatic heterocycles. The molecular formula is C19H40N2O8P2. The predicted octanol–water partition coefficient (Wildman–Crippen LogP) is 3.84. The molecule has 0 aromatic carbocycles. The fraction of sp³-hybridized carbons (Fsp3) is 0.895. The van der Waals surface area contributed by atoms with Crippen molar-refractivity contribution in [3.05, 3.63) is 0 Å². The van der Waals surface area contributed by atoms with E-state index < -0.39 is 15.5 Å². The van der Waals surface area contributed by atoms with E-state index in [1.165, 1.54) is 0 Å². The number of carbonyl (C=O) groups excluding carboxylic acids is 2. The van der Waals surface area contributed by atoms with Crippen LogP contribution in [0.5, 0.6) is 0 Å². The summed E-state index contributed by atoms with van der Waals surface area (Å²) in [4.78, 5) is 42.0. The van der Waals surface area contributed by atoms with Crippen molar-refractivity contribution in [2.24, 2.45) is 21.8 Å². The first kappa shape index (κ1) is 30.6.